The maximum absolute atomic E-state index is 9.96. The van der Waals surface area contributed by atoms with Crippen molar-refractivity contribution in [3.63, 3.8) is 0 Å². The van der Waals surface area contributed by atoms with Gasteiger partial charge in [0, 0.05) is 0 Å². The van der Waals surface area contributed by atoms with E-state index in [1.165, 1.54) is 83.0 Å². The third kappa shape index (κ3) is 5.30. The molecule has 0 spiro atoms. The smallest absolute Gasteiger partial charge is 0.0577 e. The first-order valence-electron chi connectivity index (χ1n) is 12.4. The maximum Gasteiger partial charge on any atom is 0.0577 e. The van der Waals surface area contributed by atoms with Crippen molar-refractivity contribution in [1.29, 1.82) is 0 Å². The second-order valence-corrected chi connectivity index (χ2v) is 10.1. The van der Waals surface area contributed by atoms with Gasteiger partial charge >= 0.3 is 0 Å². The number of unbranched alkanes of at least 4 members (excludes halogenated alkanes) is 1. The van der Waals surface area contributed by atoms with Gasteiger partial charge in [-0.15, -0.1) is 0 Å². The van der Waals surface area contributed by atoms with E-state index in [0.29, 0.717) is 5.41 Å². The van der Waals surface area contributed by atoms with E-state index in [1.54, 1.807) is 5.57 Å². The second-order valence-electron chi connectivity index (χ2n) is 10.1. The lowest BCUT2D eigenvalue weighted by Crippen LogP contribution is -2.35. The molecule has 0 aromatic heterocycles. The Kier molecular flexibility index (Phi) is 8.23. The largest absolute Gasteiger partial charge is 0.393 e. The molecular weight excluding hydrogens is 342 g/mol. The van der Waals surface area contributed by atoms with Gasteiger partial charge in [-0.2, -0.15) is 0 Å². The second kappa shape index (κ2) is 10.4. The summed E-state index contributed by atoms with van der Waals surface area (Å²) in [6.45, 7) is 11.0. The molecule has 0 radical (unpaired) electrons. The summed E-state index contributed by atoms with van der Waals surface area (Å²) in [5.74, 6) is 1.71. The molecule has 0 aromatic carbocycles. The molecule has 0 amide bonds. The van der Waals surface area contributed by atoms with E-state index in [4.69, 9.17) is 0 Å². The van der Waals surface area contributed by atoms with Crippen LogP contribution in [-0.4, -0.2) is 35.7 Å². The van der Waals surface area contributed by atoms with Gasteiger partial charge in [0.2, 0.25) is 0 Å². The number of hydrogen-bond donors (Lipinski definition) is 1. The van der Waals surface area contributed by atoms with Crippen molar-refractivity contribution >= 4 is 0 Å². The predicted molar refractivity (Wildman–Crippen MR) is 120 cm³/mol. The summed E-state index contributed by atoms with van der Waals surface area (Å²) in [6.07, 6.45) is 20.0. The van der Waals surface area contributed by atoms with Crippen molar-refractivity contribution in [2.45, 2.75) is 104 Å². The Labute approximate surface area is 174 Å². The van der Waals surface area contributed by atoms with Crippen LogP contribution in [-0.2, 0) is 0 Å². The zero-order chi connectivity index (χ0) is 20.0. The molecule has 160 valence electrons. The Morgan fingerprint density at radius 2 is 1.93 bits per heavy atom. The van der Waals surface area contributed by atoms with Crippen LogP contribution in [0.5, 0.6) is 0 Å². The van der Waals surface area contributed by atoms with Gasteiger partial charge in [0.05, 0.1) is 6.10 Å². The molecular formula is C26H45NO. The standard InChI is InChI=1S/C26H45NO/c1-4-6-18-27(5-2)19-16-23-14-15-25-22(10-8-17-26(23,25)3)13-12-21-9-7-11-24(28)20-21/h12-13,23-25,28H,4-11,14-20H2,1-3H3/b21-12-,22-13+. The first-order valence-corrected chi connectivity index (χ1v) is 12.4. The zero-order valence-electron chi connectivity index (χ0n) is 18.9. The van der Waals surface area contributed by atoms with Crippen LogP contribution in [0.15, 0.2) is 23.3 Å². The topological polar surface area (TPSA) is 23.5 Å². The molecule has 0 heterocycles. The summed E-state index contributed by atoms with van der Waals surface area (Å²) < 4.78 is 0. The monoisotopic (exact) mass is 387 g/mol. The van der Waals surface area contributed by atoms with E-state index >= 15 is 0 Å². The number of aliphatic hydroxyl groups is 1. The fourth-order valence-electron chi connectivity index (χ4n) is 6.42. The molecule has 3 saturated carbocycles. The van der Waals surface area contributed by atoms with Crippen molar-refractivity contribution in [3.05, 3.63) is 23.3 Å². The number of aliphatic hydroxyl groups excluding tert-OH is 1. The maximum atomic E-state index is 9.96. The van der Waals surface area contributed by atoms with Crippen molar-refractivity contribution in [2.75, 3.05) is 19.6 Å². The Balaban J connectivity index is 1.62. The summed E-state index contributed by atoms with van der Waals surface area (Å²) >= 11 is 0. The SMILES string of the molecule is CCCCN(CC)CCC1CCC2/C(=C/C=C3/CCCC(O)C3)CCCC12C. The molecule has 4 unspecified atom stereocenters. The Morgan fingerprint density at radius 3 is 2.68 bits per heavy atom. The Morgan fingerprint density at radius 1 is 1.07 bits per heavy atom. The number of fused-ring (bicyclic) bond motifs is 1. The van der Waals surface area contributed by atoms with Crippen molar-refractivity contribution in [1.82, 2.24) is 4.90 Å². The average molecular weight is 388 g/mol. The first kappa shape index (κ1) is 22.1. The quantitative estimate of drug-likeness (QED) is 0.513. The number of hydrogen-bond acceptors (Lipinski definition) is 2. The minimum Gasteiger partial charge on any atom is -0.393 e. The minimum absolute atomic E-state index is 0.0971. The lowest BCUT2D eigenvalue weighted by molar-refractivity contribution is 0.117. The lowest BCUT2D eigenvalue weighted by Gasteiger charge is -2.43. The van der Waals surface area contributed by atoms with Gasteiger partial charge in [0.15, 0.2) is 0 Å². The molecule has 28 heavy (non-hydrogen) atoms. The fourth-order valence-corrected chi connectivity index (χ4v) is 6.42. The third-order valence-electron chi connectivity index (χ3n) is 8.30. The fraction of sp³-hybridized carbons (Fsp3) is 0.846. The van der Waals surface area contributed by atoms with Gasteiger partial charge in [-0.3, -0.25) is 0 Å². The van der Waals surface area contributed by atoms with E-state index in [1.807, 2.05) is 0 Å². The highest BCUT2D eigenvalue weighted by Crippen LogP contribution is 2.58. The van der Waals surface area contributed by atoms with Crippen LogP contribution >= 0.6 is 0 Å². The summed E-state index contributed by atoms with van der Waals surface area (Å²) in [4.78, 5) is 2.68. The van der Waals surface area contributed by atoms with Gasteiger partial charge in [-0.1, -0.05) is 50.5 Å². The molecule has 2 heteroatoms. The van der Waals surface area contributed by atoms with E-state index in [-0.39, 0.29) is 6.10 Å². The minimum atomic E-state index is -0.0971. The van der Waals surface area contributed by atoms with Gasteiger partial charge in [0.25, 0.3) is 0 Å². The molecule has 3 aliphatic carbocycles. The first-order chi connectivity index (χ1) is 13.6. The Bertz CT molecular complexity index is 551. The highest BCUT2D eigenvalue weighted by molar-refractivity contribution is 5.25. The highest BCUT2D eigenvalue weighted by Gasteiger charge is 2.48. The van der Waals surface area contributed by atoms with Crippen molar-refractivity contribution in [2.24, 2.45) is 17.3 Å². The Hall–Kier alpha value is -0.600. The summed E-state index contributed by atoms with van der Waals surface area (Å²) in [5.41, 5.74) is 3.73. The molecule has 0 aromatic rings. The molecule has 0 aliphatic heterocycles. The molecule has 3 aliphatic rings. The van der Waals surface area contributed by atoms with E-state index < -0.39 is 0 Å². The van der Waals surface area contributed by atoms with E-state index in [0.717, 1.165) is 31.1 Å². The zero-order valence-corrected chi connectivity index (χ0v) is 18.9. The highest BCUT2D eigenvalue weighted by atomic mass is 16.3. The van der Waals surface area contributed by atoms with Crippen LogP contribution in [0.3, 0.4) is 0 Å². The van der Waals surface area contributed by atoms with E-state index in [2.05, 4.69) is 37.8 Å². The van der Waals surface area contributed by atoms with Crippen LogP contribution < -0.4 is 0 Å². The summed E-state index contributed by atoms with van der Waals surface area (Å²) in [6, 6.07) is 0. The van der Waals surface area contributed by atoms with E-state index in [9.17, 15) is 5.11 Å². The summed E-state index contributed by atoms with van der Waals surface area (Å²) in [5, 5.41) is 9.96. The van der Waals surface area contributed by atoms with Crippen LogP contribution in [0.2, 0.25) is 0 Å². The normalized spacial score (nSPS) is 36.4. The van der Waals surface area contributed by atoms with Crippen LogP contribution in [0.1, 0.15) is 97.8 Å². The molecule has 3 fully saturated rings. The predicted octanol–water partition coefficient (Wildman–Crippen LogP) is 6.50. The van der Waals surface area contributed by atoms with Gasteiger partial charge in [0.1, 0.15) is 0 Å². The van der Waals surface area contributed by atoms with Crippen molar-refractivity contribution in [3.8, 4) is 0 Å². The summed E-state index contributed by atoms with van der Waals surface area (Å²) in [7, 11) is 0. The molecule has 2 nitrogen and oxygen atoms in total. The van der Waals surface area contributed by atoms with Crippen molar-refractivity contribution < 1.29 is 5.11 Å². The molecule has 4 atom stereocenters. The molecule has 0 saturated heterocycles. The van der Waals surface area contributed by atoms with Crippen LogP contribution in [0, 0.1) is 17.3 Å². The average Bonchev–Trinajstić information content (AvgIpc) is 3.03. The van der Waals surface area contributed by atoms with Gasteiger partial charge < -0.3 is 10.0 Å². The molecule has 0 bridgehead atoms. The third-order valence-corrected chi connectivity index (χ3v) is 8.30. The van der Waals surface area contributed by atoms with Gasteiger partial charge in [-0.25, -0.2) is 0 Å². The van der Waals surface area contributed by atoms with Crippen LogP contribution in [0.4, 0.5) is 0 Å². The number of rotatable bonds is 8. The molecule has 3 rings (SSSR count). The number of allylic oxidation sites excluding steroid dienone is 3. The number of nitrogens with zero attached hydrogens (tertiary/aromatic N) is 1. The van der Waals surface area contributed by atoms with Crippen LogP contribution in [0.25, 0.3) is 0 Å². The van der Waals surface area contributed by atoms with Gasteiger partial charge in [-0.05, 0) is 108 Å². The lowest BCUT2D eigenvalue weighted by atomic mass is 9.63. The molecule has 1 N–H and O–H groups in total.